The molecule has 126 valence electrons. The molecule has 7 nitrogen and oxygen atoms in total. The van der Waals surface area contributed by atoms with E-state index in [0.717, 1.165) is 5.01 Å². The van der Waals surface area contributed by atoms with E-state index in [2.05, 4.69) is 10.2 Å². The maximum Gasteiger partial charge on any atom is 0.337 e. The van der Waals surface area contributed by atoms with Crippen molar-refractivity contribution < 1.29 is 23.5 Å². The van der Waals surface area contributed by atoms with Crippen molar-refractivity contribution in [3.63, 3.8) is 0 Å². The summed E-state index contributed by atoms with van der Waals surface area (Å²) in [5.74, 6) is -0.865. The lowest BCUT2D eigenvalue weighted by Crippen LogP contribution is -2.35. The number of ether oxygens (including phenoxy) is 1. The van der Waals surface area contributed by atoms with Crippen molar-refractivity contribution in [1.29, 1.82) is 0 Å². The molecule has 3 rings (SSSR count). The maximum atomic E-state index is 12.4. The molecule has 0 aliphatic carbocycles. The van der Waals surface area contributed by atoms with Gasteiger partial charge in [0, 0.05) is 0 Å². The van der Waals surface area contributed by atoms with Gasteiger partial charge in [0.15, 0.2) is 0 Å². The Morgan fingerprint density at radius 3 is 2.60 bits per heavy atom. The van der Waals surface area contributed by atoms with Crippen molar-refractivity contribution in [3.8, 4) is 0 Å². The zero-order valence-corrected chi connectivity index (χ0v) is 13.3. The van der Waals surface area contributed by atoms with Crippen LogP contribution in [0.15, 0.2) is 64.8 Å². The standard InChI is InChI=1S/C18H14N2O5/c1-24-18(23)12-7-9-13(10-8-12)20-17(22)15(16(21)19-20)6-2-4-14-5-3-11-25-14/h2-11H,1H3,(H,19,21)/b4-2+,15-6-. The third-order valence-corrected chi connectivity index (χ3v) is 3.50. The number of rotatable bonds is 4. The third-order valence-electron chi connectivity index (χ3n) is 3.50. The molecule has 1 fully saturated rings. The lowest BCUT2D eigenvalue weighted by Gasteiger charge is -2.14. The quantitative estimate of drug-likeness (QED) is 0.524. The van der Waals surface area contributed by atoms with Gasteiger partial charge >= 0.3 is 5.97 Å². The number of carbonyl (C=O) groups excluding carboxylic acids is 3. The topological polar surface area (TPSA) is 88.8 Å². The Kier molecular flexibility index (Phi) is 4.47. The summed E-state index contributed by atoms with van der Waals surface area (Å²) in [4.78, 5) is 35.9. The fourth-order valence-corrected chi connectivity index (χ4v) is 2.25. The first-order valence-electron chi connectivity index (χ1n) is 7.36. The predicted octanol–water partition coefficient (Wildman–Crippen LogP) is 2.08. The largest absolute Gasteiger partial charge is 0.465 e. The molecule has 2 heterocycles. The SMILES string of the molecule is COC(=O)c1ccc(N2NC(=O)/C(=C/C=C/c3ccco3)C2=O)cc1. The monoisotopic (exact) mass is 338 g/mol. The number of hydrogen-bond acceptors (Lipinski definition) is 5. The van der Waals surface area contributed by atoms with Gasteiger partial charge in [0.05, 0.1) is 24.6 Å². The summed E-state index contributed by atoms with van der Waals surface area (Å²) in [7, 11) is 1.29. The Morgan fingerprint density at radius 2 is 1.96 bits per heavy atom. The van der Waals surface area contributed by atoms with Crippen molar-refractivity contribution in [2.24, 2.45) is 0 Å². The molecule has 1 saturated heterocycles. The molecule has 1 aliphatic rings. The Hall–Kier alpha value is -3.61. The number of benzene rings is 1. The van der Waals surface area contributed by atoms with Crippen molar-refractivity contribution in [2.45, 2.75) is 0 Å². The zero-order chi connectivity index (χ0) is 17.8. The average Bonchev–Trinajstić information content (AvgIpc) is 3.24. The summed E-state index contributed by atoms with van der Waals surface area (Å²) in [5.41, 5.74) is 3.26. The number of hydrogen-bond donors (Lipinski definition) is 1. The van der Waals surface area contributed by atoms with Crippen LogP contribution in [0.4, 0.5) is 5.69 Å². The van der Waals surface area contributed by atoms with E-state index in [1.165, 1.54) is 31.6 Å². The van der Waals surface area contributed by atoms with Crippen molar-refractivity contribution in [2.75, 3.05) is 12.1 Å². The molecular weight excluding hydrogens is 324 g/mol. The van der Waals surface area contributed by atoms with E-state index in [0.29, 0.717) is 17.0 Å². The predicted molar refractivity (Wildman–Crippen MR) is 89.2 cm³/mol. The van der Waals surface area contributed by atoms with E-state index in [1.807, 2.05) is 0 Å². The highest BCUT2D eigenvalue weighted by Crippen LogP contribution is 2.20. The van der Waals surface area contributed by atoms with Crippen LogP contribution in [0.2, 0.25) is 0 Å². The molecule has 1 N–H and O–H groups in total. The molecular formula is C18H14N2O5. The second-order valence-electron chi connectivity index (χ2n) is 5.07. The smallest absolute Gasteiger partial charge is 0.337 e. The number of amides is 2. The first-order valence-corrected chi connectivity index (χ1v) is 7.36. The van der Waals surface area contributed by atoms with Crippen LogP contribution in [-0.2, 0) is 14.3 Å². The zero-order valence-electron chi connectivity index (χ0n) is 13.3. The van der Waals surface area contributed by atoms with E-state index >= 15 is 0 Å². The maximum absolute atomic E-state index is 12.4. The summed E-state index contributed by atoms with van der Waals surface area (Å²) in [6.07, 6.45) is 6.15. The van der Waals surface area contributed by atoms with Gasteiger partial charge in [-0.3, -0.25) is 15.0 Å². The highest BCUT2D eigenvalue weighted by atomic mass is 16.5. The van der Waals surface area contributed by atoms with Crippen LogP contribution < -0.4 is 10.4 Å². The molecule has 0 radical (unpaired) electrons. The molecule has 0 atom stereocenters. The summed E-state index contributed by atoms with van der Waals surface area (Å²) < 4.78 is 9.75. The van der Waals surface area contributed by atoms with Gasteiger partial charge < -0.3 is 9.15 Å². The van der Waals surface area contributed by atoms with Gasteiger partial charge in [-0.2, -0.15) is 0 Å². The summed E-state index contributed by atoms with van der Waals surface area (Å²) in [5, 5.41) is 1.12. The number of hydrazine groups is 1. The Morgan fingerprint density at radius 1 is 1.20 bits per heavy atom. The highest BCUT2D eigenvalue weighted by molar-refractivity contribution is 6.29. The minimum atomic E-state index is -0.508. The minimum Gasteiger partial charge on any atom is -0.465 e. The average molecular weight is 338 g/mol. The molecule has 0 saturated carbocycles. The number of methoxy groups -OCH3 is 1. The van der Waals surface area contributed by atoms with Crippen LogP contribution in [0, 0.1) is 0 Å². The van der Waals surface area contributed by atoms with E-state index in [4.69, 9.17) is 4.42 Å². The van der Waals surface area contributed by atoms with Crippen molar-refractivity contribution >= 4 is 29.5 Å². The number of esters is 1. The van der Waals surface area contributed by atoms with Crippen LogP contribution in [-0.4, -0.2) is 24.9 Å². The summed E-state index contributed by atoms with van der Waals surface area (Å²) in [6.45, 7) is 0. The first kappa shape index (κ1) is 16.3. The fourth-order valence-electron chi connectivity index (χ4n) is 2.25. The van der Waals surface area contributed by atoms with Crippen LogP contribution in [0.1, 0.15) is 16.1 Å². The highest BCUT2D eigenvalue weighted by Gasteiger charge is 2.34. The number of carbonyl (C=O) groups is 3. The Labute approximate surface area is 143 Å². The van der Waals surface area contributed by atoms with Crippen LogP contribution >= 0.6 is 0 Å². The van der Waals surface area contributed by atoms with Gasteiger partial charge in [-0.25, -0.2) is 9.80 Å². The van der Waals surface area contributed by atoms with E-state index in [1.54, 1.807) is 36.4 Å². The molecule has 0 bridgehead atoms. The van der Waals surface area contributed by atoms with Crippen LogP contribution in [0.25, 0.3) is 6.08 Å². The van der Waals surface area contributed by atoms with Gasteiger partial charge in [0.1, 0.15) is 11.3 Å². The van der Waals surface area contributed by atoms with Crippen molar-refractivity contribution in [1.82, 2.24) is 5.43 Å². The molecule has 0 spiro atoms. The van der Waals surface area contributed by atoms with Gasteiger partial charge in [-0.05, 0) is 48.6 Å². The van der Waals surface area contributed by atoms with Gasteiger partial charge in [-0.1, -0.05) is 6.08 Å². The first-order chi connectivity index (χ1) is 12.1. The molecule has 7 heteroatoms. The van der Waals surface area contributed by atoms with Crippen LogP contribution in [0.5, 0.6) is 0 Å². The van der Waals surface area contributed by atoms with E-state index in [-0.39, 0.29) is 5.57 Å². The third kappa shape index (κ3) is 3.35. The van der Waals surface area contributed by atoms with Gasteiger partial charge in [0.25, 0.3) is 11.8 Å². The van der Waals surface area contributed by atoms with E-state index in [9.17, 15) is 14.4 Å². The Bertz CT molecular complexity index is 863. The minimum absolute atomic E-state index is 0.000138. The molecule has 1 aromatic heterocycles. The normalized spacial score (nSPS) is 15.9. The molecule has 25 heavy (non-hydrogen) atoms. The second kappa shape index (κ2) is 6.88. The summed E-state index contributed by atoms with van der Waals surface area (Å²) in [6, 6.07) is 9.61. The number of nitrogens with one attached hydrogen (secondary N) is 1. The number of nitrogens with zero attached hydrogens (tertiary/aromatic N) is 1. The molecule has 0 unspecified atom stereocenters. The van der Waals surface area contributed by atoms with Gasteiger partial charge in [0.2, 0.25) is 0 Å². The summed E-state index contributed by atoms with van der Waals surface area (Å²) >= 11 is 0. The fraction of sp³-hybridized carbons (Fsp3) is 0.0556. The molecule has 1 aromatic carbocycles. The number of furan rings is 1. The number of anilines is 1. The molecule has 1 aliphatic heterocycles. The van der Waals surface area contributed by atoms with Crippen molar-refractivity contribution in [3.05, 3.63) is 71.7 Å². The van der Waals surface area contributed by atoms with E-state index < -0.39 is 17.8 Å². The van der Waals surface area contributed by atoms with Crippen LogP contribution in [0.3, 0.4) is 0 Å². The molecule has 2 aromatic rings. The molecule has 2 amide bonds. The lowest BCUT2D eigenvalue weighted by molar-refractivity contribution is -0.117. The Balaban J connectivity index is 1.77. The second-order valence-corrected chi connectivity index (χ2v) is 5.07. The van der Waals surface area contributed by atoms with Gasteiger partial charge in [-0.15, -0.1) is 0 Å². The number of allylic oxidation sites excluding steroid dienone is 2. The lowest BCUT2D eigenvalue weighted by atomic mass is 10.2.